The number of furan rings is 1. The molecule has 1 saturated heterocycles. The van der Waals surface area contributed by atoms with E-state index >= 15 is 0 Å². The second-order valence-electron chi connectivity index (χ2n) is 7.22. The normalized spacial score (nSPS) is 16.2. The Kier molecular flexibility index (Phi) is 5.41. The fraction of sp³-hybridized carbons (Fsp3) is 0.217. The van der Waals surface area contributed by atoms with E-state index in [2.05, 4.69) is 15.9 Å². The van der Waals surface area contributed by atoms with Crippen molar-refractivity contribution in [3.05, 3.63) is 70.2 Å². The van der Waals surface area contributed by atoms with E-state index in [1.54, 1.807) is 11.0 Å². The zero-order valence-electron chi connectivity index (χ0n) is 16.1. The molecule has 1 aliphatic rings. The van der Waals surface area contributed by atoms with Gasteiger partial charge in [0, 0.05) is 27.4 Å². The Morgan fingerprint density at radius 3 is 2.80 bits per heavy atom. The SMILES string of the molecule is O=C(c1cc2ccccc2o1)N(C[C@@H]1CCCO1)c1nc(-c2ccc(Br)cc2)cs1. The van der Waals surface area contributed by atoms with Crippen LogP contribution in [0.1, 0.15) is 23.4 Å². The molecular weight excluding hydrogens is 464 g/mol. The largest absolute Gasteiger partial charge is 0.451 e. The smallest absolute Gasteiger partial charge is 0.295 e. The van der Waals surface area contributed by atoms with Crippen LogP contribution in [0, 0.1) is 0 Å². The van der Waals surface area contributed by atoms with E-state index in [9.17, 15) is 4.79 Å². The molecule has 1 aliphatic heterocycles. The Morgan fingerprint density at radius 1 is 1.20 bits per heavy atom. The van der Waals surface area contributed by atoms with Gasteiger partial charge in [-0.15, -0.1) is 11.3 Å². The third-order valence-electron chi connectivity index (χ3n) is 5.15. The average Bonchev–Trinajstić information content (AvgIpc) is 3.52. The molecule has 30 heavy (non-hydrogen) atoms. The molecule has 5 rings (SSSR count). The number of ether oxygens (including phenoxy) is 1. The Morgan fingerprint density at radius 2 is 2.03 bits per heavy atom. The molecule has 3 heterocycles. The third kappa shape index (κ3) is 3.93. The van der Waals surface area contributed by atoms with Crippen molar-refractivity contribution in [3.8, 4) is 11.3 Å². The van der Waals surface area contributed by atoms with Crippen molar-refractivity contribution >= 4 is 49.3 Å². The van der Waals surface area contributed by atoms with Crippen LogP contribution < -0.4 is 4.90 Å². The van der Waals surface area contributed by atoms with Crippen LogP contribution in [0.15, 0.2) is 68.9 Å². The van der Waals surface area contributed by atoms with E-state index in [0.717, 1.165) is 40.6 Å². The minimum Gasteiger partial charge on any atom is -0.451 e. The van der Waals surface area contributed by atoms with Gasteiger partial charge in [-0.3, -0.25) is 9.69 Å². The predicted octanol–water partition coefficient (Wildman–Crippen LogP) is 6.14. The molecule has 0 unspecified atom stereocenters. The number of thiazole rings is 1. The van der Waals surface area contributed by atoms with Crippen molar-refractivity contribution in [2.75, 3.05) is 18.1 Å². The van der Waals surface area contributed by atoms with Crippen LogP contribution in [0.3, 0.4) is 0 Å². The first-order valence-corrected chi connectivity index (χ1v) is 11.5. The lowest BCUT2D eigenvalue weighted by Crippen LogP contribution is -2.37. The minimum atomic E-state index is -0.196. The number of halogens is 1. The van der Waals surface area contributed by atoms with Gasteiger partial charge in [-0.05, 0) is 37.1 Å². The van der Waals surface area contributed by atoms with Crippen LogP contribution in [-0.4, -0.2) is 30.1 Å². The van der Waals surface area contributed by atoms with Gasteiger partial charge < -0.3 is 9.15 Å². The van der Waals surface area contributed by atoms with E-state index in [-0.39, 0.29) is 12.0 Å². The molecule has 0 radical (unpaired) electrons. The standard InChI is InChI=1S/C23H19BrN2O3S/c24-17-9-7-15(8-10-17)19-14-30-23(25-19)26(13-18-5-3-11-28-18)22(27)21-12-16-4-1-2-6-20(16)29-21/h1-2,4,6-10,12,14,18H,3,5,11,13H2/t18-/m0/s1. The number of hydrogen-bond acceptors (Lipinski definition) is 5. The highest BCUT2D eigenvalue weighted by atomic mass is 79.9. The number of fused-ring (bicyclic) bond motifs is 1. The van der Waals surface area contributed by atoms with Crippen molar-refractivity contribution in [1.82, 2.24) is 4.98 Å². The molecule has 2 aromatic carbocycles. The van der Waals surface area contributed by atoms with Crippen molar-refractivity contribution in [1.29, 1.82) is 0 Å². The zero-order valence-corrected chi connectivity index (χ0v) is 18.5. The summed E-state index contributed by atoms with van der Waals surface area (Å²) in [5, 5.41) is 3.54. The lowest BCUT2D eigenvalue weighted by molar-refractivity contribution is 0.0896. The number of para-hydroxylation sites is 1. The molecule has 0 N–H and O–H groups in total. The van der Waals surface area contributed by atoms with Gasteiger partial charge in [0.15, 0.2) is 10.9 Å². The van der Waals surface area contributed by atoms with Gasteiger partial charge >= 0.3 is 0 Å². The van der Waals surface area contributed by atoms with Crippen LogP contribution in [0.4, 0.5) is 5.13 Å². The number of carbonyl (C=O) groups excluding carboxylic acids is 1. The molecule has 0 bridgehead atoms. The monoisotopic (exact) mass is 482 g/mol. The van der Waals surface area contributed by atoms with Gasteiger partial charge in [0.1, 0.15) is 5.58 Å². The number of anilines is 1. The number of aromatic nitrogens is 1. The number of carbonyl (C=O) groups is 1. The van der Waals surface area contributed by atoms with Crippen molar-refractivity contribution in [2.24, 2.45) is 0 Å². The number of amides is 1. The van der Waals surface area contributed by atoms with Gasteiger partial charge in [-0.25, -0.2) is 4.98 Å². The Balaban J connectivity index is 1.48. The van der Waals surface area contributed by atoms with Crippen molar-refractivity contribution < 1.29 is 13.9 Å². The molecule has 5 nitrogen and oxygen atoms in total. The maximum absolute atomic E-state index is 13.4. The maximum atomic E-state index is 13.4. The second kappa shape index (κ2) is 8.34. The van der Waals surface area contributed by atoms with E-state index in [1.165, 1.54) is 11.3 Å². The van der Waals surface area contributed by atoms with Crippen LogP contribution in [0.25, 0.3) is 22.2 Å². The van der Waals surface area contributed by atoms with Crippen molar-refractivity contribution in [3.63, 3.8) is 0 Å². The van der Waals surface area contributed by atoms with Crippen LogP contribution >= 0.6 is 27.3 Å². The summed E-state index contributed by atoms with van der Waals surface area (Å²) < 4.78 is 12.7. The van der Waals surface area contributed by atoms with E-state index in [1.807, 2.05) is 53.9 Å². The number of nitrogens with zero attached hydrogens (tertiary/aromatic N) is 2. The molecule has 0 aliphatic carbocycles. The summed E-state index contributed by atoms with van der Waals surface area (Å²) in [6.07, 6.45) is 1.96. The molecule has 0 spiro atoms. The van der Waals surface area contributed by atoms with E-state index in [0.29, 0.717) is 23.0 Å². The summed E-state index contributed by atoms with van der Waals surface area (Å²) in [4.78, 5) is 19.9. The van der Waals surface area contributed by atoms with Crippen LogP contribution in [0.2, 0.25) is 0 Å². The maximum Gasteiger partial charge on any atom is 0.295 e. The fourth-order valence-corrected chi connectivity index (χ4v) is 4.71. The minimum absolute atomic E-state index is 0.0124. The highest BCUT2D eigenvalue weighted by molar-refractivity contribution is 9.10. The summed E-state index contributed by atoms with van der Waals surface area (Å²) >= 11 is 4.91. The van der Waals surface area contributed by atoms with Crippen LogP contribution in [0.5, 0.6) is 0 Å². The van der Waals surface area contributed by atoms with E-state index < -0.39 is 0 Å². The zero-order chi connectivity index (χ0) is 20.5. The summed E-state index contributed by atoms with van der Waals surface area (Å²) in [6.45, 7) is 1.20. The van der Waals surface area contributed by atoms with Gasteiger partial charge in [0.2, 0.25) is 0 Å². The average molecular weight is 483 g/mol. The number of benzene rings is 2. The summed E-state index contributed by atoms with van der Waals surface area (Å²) in [5.41, 5.74) is 2.55. The molecule has 1 atom stereocenters. The fourth-order valence-electron chi connectivity index (χ4n) is 3.60. The molecule has 152 valence electrons. The first kappa shape index (κ1) is 19.5. The third-order valence-corrected chi connectivity index (χ3v) is 6.55. The molecule has 2 aromatic heterocycles. The topological polar surface area (TPSA) is 55.6 Å². The molecule has 1 amide bonds. The van der Waals surface area contributed by atoms with Gasteiger partial charge in [-0.2, -0.15) is 0 Å². The predicted molar refractivity (Wildman–Crippen MR) is 122 cm³/mol. The molecular formula is C23H19BrN2O3S. The first-order chi connectivity index (χ1) is 14.7. The second-order valence-corrected chi connectivity index (χ2v) is 8.97. The summed E-state index contributed by atoms with van der Waals surface area (Å²) in [6, 6.07) is 17.4. The number of hydrogen-bond donors (Lipinski definition) is 0. The highest BCUT2D eigenvalue weighted by Crippen LogP contribution is 2.31. The lowest BCUT2D eigenvalue weighted by atomic mass is 10.2. The first-order valence-electron chi connectivity index (χ1n) is 9.81. The van der Waals surface area contributed by atoms with Gasteiger partial charge in [-0.1, -0.05) is 46.3 Å². The lowest BCUT2D eigenvalue weighted by Gasteiger charge is -2.22. The Labute approximate surface area is 186 Å². The number of rotatable bonds is 5. The molecule has 7 heteroatoms. The Bertz CT molecular complexity index is 1150. The van der Waals surface area contributed by atoms with Crippen LogP contribution in [-0.2, 0) is 4.74 Å². The van der Waals surface area contributed by atoms with Crippen molar-refractivity contribution in [2.45, 2.75) is 18.9 Å². The van der Waals surface area contributed by atoms with E-state index in [4.69, 9.17) is 14.1 Å². The Hall–Kier alpha value is -2.48. The molecule has 0 saturated carbocycles. The molecule has 1 fully saturated rings. The highest BCUT2D eigenvalue weighted by Gasteiger charge is 2.28. The van der Waals surface area contributed by atoms with Gasteiger partial charge in [0.05, 0.1) is 18.3 Å². The summed E-state index contributed by atoms with van der Waals surface area (Å²) in [5.74, 6) is 0.119. The molecule has 4 aromatic rings. The quantitative estimate of drug-likeness (QED) is 0.342. The summed E-state index contributed by atoms with van der Waals surface area (Å²) in [7, 11) is 0. The van der Waals surface area contributed by atoms with Gasteiger partial charge in [0.25, 0.3) is 5.91 Å².